The fourth-order valence-electron chi connectivity index (χ4n) is 1.76. The molecular weight excluding hydrogens is 220 g/mol. The summed E-state index contributed by atoms with van der Waals surface area (Å²) in [6, 6.07) is 0. The van der Waals surface area contributed by atoms with E-state index in [1.807, 2.05) is 17.8 Å². The van der Waals surface area contributed by atoms with Gasteiger partial charge in [-0.3, -0.25) is 4.68 Å². The summed E-state index contributed by atoms with van der Waals surface area (Å²) < 4.78 is 2.01. The number of rotatable bonds is 8. The standard InChI is InChI=1S/C13H23ClN2/c1-3-4-5-6-7-8-9-16-11-13(10-15-16)12(2)14/h10-12H,3-9H2,1-2H3. The van der Waals surface area contributed by atoms with E-state index in [1.165, 1.54) is 38.5 Å². The van der Waals surface area contributed by atoms with Gasteiger partial charge < -0.3 is 0 Å². The maximum atomic E-state index is 5.98. The van der Waals surface area contributed by atoms with Crippen molar-refractivity contribution in [1.29, 1.82) is 0 Å². The molecule has 1 rings (SSSR count). The lowest BCUT2D eigenvalue weighted by Gasteiger charge is -2.01. The molecule has 0 aliphatic rings. The molecule has 0 N–H and O–H groups in total. The van der Waals surface area contributed by atoms with Crippen molar-refractivity contribution in [2.24, 2.45) is 0 Å². The molecular formula is C13H23ClN2. The molecule has 1 aromatic rings. The molecule has 1 heterocycles. The molecule has 0 aromatic carbocycles. The molecule has 1 atom stereocenters. The number of aryl methyl sites for hydroxylation is 1. The first-order chi connectivity index (χ1) is 7.74. The third-order valence-electron chi connectivity index (χ3n) is 2.85. The molecule has 0 saturated heterocycles. The van der Waals surface area contributed by atoms with Crippen molar-refractivity contribution < 1.29 is 0 Å². The fraction of sp³-hybridized carbons (Fsp3) is 0.769. The summed E-state index contributed by atoms with van der Waals surface area (Å²) in [4.78, 5) is 0. The van der Waals surface area contributed by atoms with Crippen LogP contribution in [0.3, 0.4) is 0 Å². The maximum Gasteiger partial charge on any atom is 0.0588 e. The van der Waals surface area contributed by atoms with Crippen LogP contribution in [0.15, 0.2) is 12.4 Å². The molecule has 3 heteroatoms. The van der Waals surface area contributed by atoms with Crippen molar-refractivity contribution in [2.75, 3.05) is 0 Å². The number of hydrogen-bond donors (Lipinski definition) is 0. The van der Waals surface area contributed by atoms with E-state index in [9.17, 15) is 0 Å². The van der Waals surface area contributed by atoms with E-state index in [4.69, 9.17) is 11.6 Å². The van der Waals surface area contributed by atoms with Crippen LogP contribution in [0, 0.1) is 0 Å². The zero-order chi connectivity index (χ0) is 11.8. The summed E-state index contributed by atoms with van der Waals surface area (Å²) in [6.07, 6.45) is 11.9. The molecule has 0 spiro atoms. The highest BCUT2D eigenvalue weighted by Gasteiger charge is 2.03. The van der Waals surface area contributed by atoms with Gasteiger partial charge in [0, 0.05) is 18.3 Å². The van der Waals surface area contributed by atoms with E-state index in [2.05, 4.69) is 18.2 Å². The highest BCUT2D eigenvalue weighted by molar-refractivity contribution is 6.20. The molecule has 1 aromatic heterocycles. The Hall–Kier alpha value is -0.500. The van der Waals surface area contributed by atoms with E-state index in [-0.39, 0.29) is 5.38 Å². The Labute approximate surface area is 104 Å². The quantitative estimate of drug-likeness (QED) is 0.483. The fourth-order valence-corrected chi connectivity index (χ4v) is 1.87. The molecule has 0 saturated carbocycles. The second-order valence-corrected chi connectivity index (χ2v) is 5.08. The Morgan fingerprint density at radius 2 is 1.94 bits per heavy atom. The Bertz CT molecular complexity index is 281. The van der Waals surface area contributed by atoms with Crippen LogP contribution in [0.1, 0.15) is 63.3 Å². The van der Waals surface area contributed by atoms with Gasteiger partial charge in [-0.2, -0.15) is 5.10 Å². The van der Waals surface area contributed by atoms with Crippen molar-refractivity contribution in [3.05, 3.63) is 18.0 Å². The highest BCUT2D eigenvalue weighted by atomic mass is 35.5. The minimum absolute atomic E-state index is 0.0679. The topological polar surface area (TPSA) is 17.8 Å². The van der Waals surface area contributed by atoms with Gasteiger partial charge >= 0.3 is 0 Å². The molecule has 0 aliphatic heterocycles. The molecule has 92 valence electrons. The van der Waals surface area contributed by atoms with Crippen molar-refractivity contribution in [3.8, 4) is 0 Å². The molecule has 0 fully saturated rings. The van der Waals surface area contributed by atoms with E-state index >= 15 is 0 Å². The smallest absolute Gasteiger partial charge is 0.0588 e. The molecule has 0 amide bonds. The monoisotopic (exact) mass is 242 g/mol. The van der Waals surface area contributed by atoms with Crippen LogP contribution < -0.4 is 0 Å². The molecule has 0 aliphatic carbocycles. The lowest BCUT2D eigenvalue weighted by atomic mass is 10.1. The Kier molecular flexibility index (Phi) is 6.55. The van der Waals surface area contributed by atoms with Crippen LogP contribution in [0.25, 0.3) is 0 Å². The van der Waals surface area contributed by atoms with Gasteiger partial charge in [0.2, 0.25) is 0 Å². The van der Waals surface area contributed by atoms with Gasteiger partial charge in [0.25, 0.3) is 0 Å². The summed E-state index contributed by atoms with van der Waals surface area (Å²) in [5.74, 6) is 0. The zero-order valence-corrected chi connectivity index (χ0v) is 11.2. The molecule has 1 unspecified atom stereocenters. The number of halogens is 1. The number of aromatic nitrogens is 2. The third-order valence-corrected chi connectivity index (χ3v) is 3.11. The summed E-state index contributed by atoms with van der Waals surface area (Å²) in [5, 5.41) is 4.37. The van der Waals surface area contributed by atoms with Crippen molar-refractivity contribution in [3.63, 3.8) is 0 Å². The Morgan fingerprint density at radius 3 is 2.56 bits per heavy atom. The maximum absolute atomic E-state index is 5.98. The number of nitrogens with zero attached hydrogens (tertiary/aromatic N) is 2. The van der Waals surface area contributed by atoms with E-state index in [1.54, 1.807) is 0 Å². The molecule has 0 radical (unpaired) electrons. The van der Waals surface area contributed by atoms with Crippen molar-refractivity contribution in [1.82, 2.24) is 9.78 Å². The molecule has 0 bridgehead atoms. The molecule has 2 nitrogen and oxygen atoms in total. The second-order valence-electron chi connectivity index (χ2n) is 4.42. The summed E-state index contributed by atoms with van der Waals surface area (Å²) in [6.45, 7) is 5.25. The Morgan fingerprint density at radius 1 is 1.25 bits per heavy atom. The van der Waals surface area contributed by atoms with Crippen LogP contribution in [-0.4, -0.2) is 9.78 Å². The molecule has 16 heavy (non-hydrogen) atoms. The van der Waals surface area contributed by atoms with Gasteiger partial charge in [-0.15, -0.1) is 11.6 Å². The first-order valence-electron chi connectivity index (χ1n) is 6.40. The lowest BCUT2D eigenvalue weighted by molar-refractivity contribution is 0.527. The predicted molar refractivity (Wildman–Crippen MR) is 69.9 cm³/mol. The van der Waals surface area contributed by atoms with Crippen molar-refractivity contribution >= 4 is 11.6 Å². The van der Waals surface area contributed by atoms with E-state index < -0.39 is 0 Å². The van der Waals surface area contributed by atoms with E-state index in [0.29, 0.717) is 0 Å². The van der Waals surface area contributed by atoms with Gasteiger partial charge in [0.15, 0.2) is 0 Å². The predicted octanol–water partition coefficient (Wildman–Crippen LogP) is 4.54. The summed E-state index contributed by atoms with van der Waals surface area (Å²) >= 11 is 5.98. The largest absolute Gasteiger partial charge is 0.272 e. The van der Waals surface area contributed by atoms with Gasteiger partial charge in [0.1, 0.15) is 0 Å². The first-order valence-corrected chi connectivity index (χ1v) is 6.84. The van der Waals surface area contributed by atoms with Crippen LogP contribution in [0.5, 0.6) is 0 Å². The average molecular weight is 243 g/mol. The SMILES string of the molecule is CCCCCCCCn1cc(C(C)Cl)cn1. The summed E-state index contributed by atoms with van der Waals surface area (Å²) in [5.41, 5.74) is 1.12. The average Bonchev–Trinajstić information content (AvgIpc) is 2.72. The van der Waals surface area contributed by atoms with Crippen LogP contribution >= 0.6 is 11.6 Å². The van der Waals surface area contributed by atoms with Crippen LogP contribution in [0.2, 0.25) is 0 Å². The number of unbranched alkanes of at least 4 members (excludes halogenated alkanes) is 5. The van der Waals surface area contributed by atoms with E-state index in [0.717, 1.165) is 12.1 Å². The normalized spacial score (nSPS) is 12.9. The first kappa shape index (κ1) is 13.6. The second kappa shape index (κ2) is 7.72. The van der Waals surface area contributed by atoms with Crippen LogP contribution in [-0.2, 0) is 6.54 Å². The highest BCUT2D eigenvalue weighted by Crippen LogP contribution is 2.18. The van der Waals surface area contributed by atoms with Crippen LogP contribution in [0.4, 0.5) is 0 Å². The number of alkyl halides is 1. The number of hydrogen-bond acceptors (Lipinski definition) is 1. The van der Waals surface area contributed by atoms with Crippen molar-refractivity contribution in [2.45, 2.75) is 64.3 Å². The lowest BCUT2D eigenvalue weighted by Crippen LogP contribution is -1.98. The minimum atomic E-state index is 0.0679. The van der Waals surface area contributed by atoms with Gasteiger partial charge in [-0.05, 0) is 13.3 Å². The minimum Gasteiger partial charge on any atom is -0.272 e. The van der Waals surface area contributed by atoms with Gasteiger partial charge in [-0.1, -0.05) is 39.0 Å². The van der Waals surface area contributed by atoms with Gasteiger partial charge in [0.05, 0.1) is 11.6 Å². The summed E-state index contributed by atoms with van der Waals surface area (Å²) in [7, 11) is 0. The third kappa shape index (κ3) is 5.02. The van der Waals surface area contributed by atoms with Gasteiger partial charge in [-0.25, -0.2) is 0 Å². The Balaban J connectivity index is 2.12. The zero-order valence-electron chi connectivity index (χ0n) is 10.5.